The highest BCUT2D eigenvalue weighted by atomic mass is 16.6. The maximum absolute atomic E-state index is 12.4. The van der Waals surface area contributed by atoms with Crippen molar-refractivity contribution in [3.8, 4) is 0 Å². The van der Waals surface area contributed by atoms with Crippen molar-refractivity contribution in [1.82, 2.24) is 10.2 Å². The molecule has 1 atom stereocenters. The molecule has 1 saturated heterocycles. The van der Waals surface area contributed by atoms with Crippen LogP contribution in [0.1, 0.15) is 37.5 Å². The van der Waals surface area contributed by atoms with Crippen LogP contribution < -0.4 is 5.32 Å². The number of amides is 1. The number of hydrogen-bond donors (Lipinski definition) is 1. The molecule has 1 unspecified atom stereocenters. The molecule has 0 aromatic heterocycles. The number of aryl methyl sites for hydroxylation is 1. The zero-order valence-electron chi connectivity index (χ0n) is 14.4. The molecule has 0 radical (unpaired) electrons. The zero-order chi connectivity index (χ0) is 16.3. The van der Waals surface area contributed by atoms with Crippen molar-refractivity contribution < 1.29 is 9.53 Å². The van der Waals surface area contributed by atoms with Gasteiger partial charge in [0.25, 0.3) is 0 Å². The summed E-state index contributed by atoms with van der Waals surface area (Å²) in [5.74, 6) is 0. The highest BCUT2D eigenvalue weighted by Gasteiger charge is 2.30. The van der Waals surface area contributed by atoms with Crippen LogP contribution in [0.25, 0.3) is 0 Å². The molecule has 0 aliphatic carbocycles. The Balaban J connectivity index is 2.13. The molecule has 1 aliphatic heterocycles. The van der Waals surface area contributed by atoms with Gasteiger partial charge in [-0.05, 0) is 57.7 Å². The molecule has 4 nitrogen and oxygen atoms in total. The van der Waals surface area contributed by atoms with Crippen LogP contribution in [-0.4, -0.2) is 42.3 Å². The SMILES string of the molecule is Cc1cccc(CC2CNCCN2C(=O)OC(C)(C)C)c1C. The standard InChI is InChI=1S/C18H28N2O2/c1-13-7-6-8-15(14(13)2)11-16-12-19-9-10-20(16)17(21)22-18(3,4)5/h6-8,16,19H,9-12H2,1-5H3. The minimum Gasteiger partial charge on any atom is -0.444 e. The molecule has 1 N–H and O–H groups in total. The van der Waals surface area contributed by atoms with Gasteiger partial charge < -0.3 is 15.0 Å². The Morgan fingerprint density at radius 2 is 2.09 bits per heavy atom. The van der Waals surface area contributed by atoms with Gasteiger partial charge in [-0.25, -0.2) is 4.79 Å². The van der Waals surface area contributed by atoms with E-state index in [9.17, 15) is 4.79 Å². The Hall–Kier alpha value is -1.55. The zero-order valence-corrected chi connectivity index (χ0v) is 14.4. The van der Waals surface area contributed by atoms with Crippen molar-refractivity contribution in [2.24, 2.45) is 0 Å². The fourth-order valence-corrected chi connectivity index (χ4v) is 2.79. The molecule has 0 bridgehead atoms. The number of ether oxygens (including phenoxy) is 1. The third-order valence-corrected chi connectivity index (χ3v) is 4.15. The Kier molecular flexibility index (Phi) is 5.12. The van der Waals surface area contributed by atoms with Gasteiger partial charge in [0.05, 0.1) is 6.04 Å². The maximum atomic E-state index is 12.4. The highest BCUT2D eigenvalue weighted by Crippen LogP contribution is 2.19. The summed E-state index contributed by atoms with van der Waals surface area (Å²) in [7, 11) is 0. The second kappa shape index (κ2) is 6.69. The first-order valence-corrected chi connectivity index (χ1v) is 8.03. The molecule has 4 heteroatoms. The number of carbonyl (C=O) groups excluding carboxylic acids is 1. The first-order valence-electron chi connectivity index (χ1n) is 8.03. The normalized spacial score (nSPS) is 19.1. The van der Waals surface area contributed by atoms with Crippen LogP contribution in [0.2, 0.25) is 0 Å². The monoisotopic (exact) mass is 304 g/mol. The van der Waals surface area contributed by atoms with Crippen LogP contribution in [0.5, 0.6) is 0 Å². The smallest absolute Gasteiger partial charge is 0.410 e. The number of rotatable bonds is 2. The van der Waals surface area contributed by atoms with Gasteiger partial charge in [0.1, 0.15) is 5.60 Å². The van der Waals surface area contributed by atoms with E-state index in [4.69, 9.17) is 4.74 Å². The van der Waals surface area contributed by atoms with Crippen molar-refractivity contribution in [1.29, 1.82) is 0 Å². The lowest BCUT2D eigenvalue weighted by Gasteiger charge is -2.37. The van der Waals surface area contributed by atoms with Crippen LogP contribution in [0.15, 0.2) is 18.2 Å². The summed E-state index contributed by atoms with van der Waals surface area (Å²) in [6.07, 6.45) is 0.657. The summed E-state index contributed by atoms with van der Waals surface area (Å²) >= 11 is 0. The van der Waals surface area contributed by atoms with E-state index in [1.54, 1.807) is 0 Å². The van der Waals surface area contributed by atoms with Gasteiger partial charge in [-0.2, -0.15) is 0 Å². The van der Waals surface area contributed by atoms with Crippen LogP contribution in [0.4, 0.5) is 4.79 Å². The lowest BCUT2D eigenvalue weighted by atomic mass is 9.96. The van der Waals surface area contributed by atoms with E-state index in [2.05, 4.69) is 37.4 Å². The highest BCUT2D eigenvalue weighted by molar-refractivity contribution is 5.69. The predicted molar refractivity (Wildman–Crippen MR) is 89.2 cm³/mol. The van der Waals surface area contributed by atoms with Crippen molar-refractivity contribution in [2.75, 3.05) is 19.6 Å². The minimum absolute atomic E-state index is 0.143. The average Bonchev–Trinajstić information content (AvgIpc) is 2.42. The van der Waals surface area contributed by atoms with Crippen molar-refractivity contribution in [3.05, 3.63) is 34.9 Å². The molecule has 122 valence electrons. The van der Waals surface area contributed by atoms with E-state index < -0.39 is 5.60 Å². The molecular weight excluding hydrogens is 276 g/mol. The molecule has 1 aliphatic rings. The number of piperazine rings is 1. The largest absolute Gasteiger partial charge is 0.444 e. The van der Waals surface area contributed by atoms with E-state index in [0.29, 0.717) is 6.54 Å². The second-order valence-corrected chi connectivity index (χ2v) is 7.09. The van der Waals surface area contributed by atoms with Crippen molar-refractivity contribution in [2.45, 2.75) is 52.7 Å². The van der Waals surface area contributed by atoms with Gasteiger partial charge in [-0.3, -0.25) is 0 Å². The maximum Gasteiger partial charge on any atom is 0.410 e. The van der Waals surface area contributed by atoms with Gasteiger partial charge >= 0.3 is 6.09 Å². The molecule has 22 heavy (non-hydrogen) atoms. The molecule has 0 spiro atoms. The third kappa shape index (κ3) is 4.23. The summed E-state index contributed by atoms with van der Waals surface area (Å²) in [6.45, 7) is 12.3. The number of nitrogens with zero attached hydrogens (tertiary/aromatic N) is 1. The van der Waals surface area contributed by atoms with E-state index >= 15 is 0 Å². The summed E-state index contributed by atoms with van der Waals surface area (Å²) in [6, 6.07) is 6.52. The summed E-state index contributed by atoms with van der Waals surface area (Å²) in [4.78, 5) is 14.3. The Bertz CT molecular complexity index is 534. The van der Waals surface area contributed by atoms with Gasteiger partial charge in [-0.15, -0.1) is 0 Å². The van der Waals surface area contributed by atoms with Crippen molar-refractivity contribution >= 4 is 6.09 Å². The third-order valence-electron chi connectivity index (χ3n) is 4.15. The van der Waals surface area contributed by atoms with Crippen LogP contribution in [-0.2, 0) is 11.2 Å². The molecule has 0 saturated carbocycles. The van der Waals surface area contributed by atoms with Crippen LogP contribution in [0, 0.1) is 13.8 Å². The Morgan fingerprint density at radius 3 is 2.77 bits per heavy atom. The second-order valence-electron chi connectivity index (χ2n) is 7.09. The number of benzene rings is 1. The number of nitrogens with one attached hydrogen (secondary N) is 1. The summed E-state index contributed by atoms with van der Waals surface area (Å²) < 4.78 is 5.56. The fourth-order valence-electron chi connectivity index (χ4n) is 2.79. The average molecular weight is 304 g/mol. The van der Waals surface area contributed by atoms with E-state index in [-0.39, 0.29) is 12.1 Å². The number of hydrogen-bond acceptors (Lipinski definition) is 3. The molecule has 1 aromatic carbocycles. The van der Waals surface area contributed by atoms with Crippen molar-refractivity contribution in [3.63, 3.8) is 0 Å². The van der Waals surface area contributed by atoms with Gasteiger partial charge in [0.15, 0.2) is 0 Å². The lowest BCUT2D eigenvalue weighted by molar-refractivity contribution is 0.0121. The van der Waals surface area contributed by atoms with E-state index in [0.717, 1.165) is 19.5 Å². The molecule has 1 amide bonds. The van der Waals surface area contributed by atoms with Crippen LogP contribution in [0.3, 0.4) is 0 Å². The van der Waals surface area contributed by atoms with E-state index in [1.807, 2.05) is 25.7 Å². The minimum atomic E-state index is -0.453. The van der Waals surface area contributed by atoms with Gasteiger partial charge in [0.2, 0.25) is 0 Å². The summed E-state index contributed by atoms with van der Waals surface area (Å²) in [5.41, 5.74) is 3.47. The fraction of sp³-hybridized carbons (Fsp3) is 0.611. The molecule has 2 rings (SSSR count). The number of carbonyl (C=O) groups is 1. The molecular formula is C18H28N2O2. The van der Waals surface area contributed by atoms with Gasteiger partial charge in [-0.1, -0.05) is 18.2 Å². The quantitative estimate of drug-likeness (QED) is 0.913. The summed E-state index contributed by atoms with van der Waals surface area (Å²) in [5, 5.41) is 3.39. The Labute approximate surface area is 133 Å². The first kappa shape index (κ1) is 16.8. The Morgan fingerprint density at radius 1 is 1.36 bits per heavy atom. The predicted octanol–water partition coefficient (Wildman–Crippen LogP) is 3.05. The molecule has 1 heterocycles. The molecule has 1 fully saturated rings. The van der Waals surface area contributed by atoms with Gasteiger partial charge in [0, 0.05) is 19.6 Å². The first-order chi connectivity index (χ1) is 10.3. The van der Waals surface area contributed by atoms with Crippen LogP contribution >= 0.6 is 0 Å². The molecule has 1 aromatic rings. The lowest BCUT2D eigenvalue weighted by Crippen LogP contribution is -2.55. The van der Waals surface area contributed by atoms with E-state index in [1.165, 1.54) is 16.7 Å². The topological polar surface area (TPSA) is 41.6 Å².